The Bertz CT molecular complexity index is 502. The van der Waals surface area contributed by atoms with Crippen molar-refractivity contribution in [3.63, 3.8) is 0 Å². The quantitative estimate of drug-likeness (QED) is 0.773. The van der Waals surface area contributed by atoms with E-state index in [9.17, 15) is 4.79 Å². The van der Waals surface area contributed by atoms with Gasteiger partial charge in [-0.2, -0.15) is 5.10 Å². The summed E-state index contributed by atoms with van der Waals surface area (Å²) < 4.78 is 1.60. The summed E-state index contributed by atoms with van der Waals surface area (Å²) in [6, 6.07) is 3.20. The summed E-state index contributed by atoms with van der Waals surface area (Å²) in [6.07, 6.45) is 4.71. The molecule has 6 heteroatoms. The molecule has 16 heavy (non-hydrogen) atoms. The fraction of sp³-hybridized carbons (Fsp3) is 0.100. The number of hydrogen-bond acceptors (Lipinski definition) is 4. The van der Waals surface area contributed by atoms with Crippen LogP contribution in [0.5, 0.6) is 0 Å². The van der Waals surface area contributed by atoms with Crippen molar-refractivity contribution in [3.05, 3.63) is 36.4 Å². The first-order valence-corrected chi connectivity index (χ1v) is 4.66. The summed E-state index contributed by atoms with van der Waals surface area (Å²) in [6.45, 7) is 0. The largest absolute Gasteiger partial charge is 0.397 e. The van der Waals surface area contributed by atoms with Gasteiger partial charge in [0.25, 0.3) is 5.91 Å². The van der Waals surface area contributed by atoms with Crippen LogP contribution in [0.2, 0.25) is 0 Å². The summed E-state index contributed by atoms with van der Waals surface area (Å²) in [5.74, 6) is -0.284. The third-order valence-electron chi connectivity index (χ3n) is 1.98. The molecule has 0 aromatic carbocycles. The van der Waals surface area contributed by atoms with Crippen LogP contribution in [0, 0.1) is 0 Å². The number of carbonyl (C=O) groups is 1. The number of hydrogen-bond donors (Lipinski definition) is 2. The molecule has 1 amide bonds. The first-order valence-electron chi connectivity index (χ1n) is 4.66. The molecule has 2 heterocycles. The van der Waals surface area contributed by atoms with Crippen LogP contribution in [0.15, 0.2) is 30.7 Å². The number of nitrogen functional groups attached to an aromatic ring is 1. The number of nitrogens with zero attached hydrogens (tertiary/aromatic N) is 3. The predicted octanol–water partition coefficient (Wildman–Crippen LogP) is 0.650. The number of aromatic nitrogens is 3. The summed E-state index contributed by atoms with van der Waals surface area (Å²) in [7, 11) is 1.77. The van der Waals surface area contributed by atoms with E-state index >= 15 is 0 Å². The van der Waals surface area contributed by atoms with Gasteiger partial charge in [0, 0.05) is 13.2 Å². The summed E-state index contributed by atoms with van der Waals surface area (Å²) >= 11 is 0. The van der Waals surface area contributed by atoms with E-state index in [0.717, 1.165) is 0 Å². The third kappa shape index (κ3) is 2.17. The maximum atomic E-state index is 11.7. The normalized spacial score (nSPS) is 10.1. The number of rotatable bonds is 2. The summed E-state index contributed by atoms with van der Waals surface area (Å²) in [5, 5.41) is 6.61. The van der Waals surface area contributed by atoms with Crippen LogP contribution in [-0.2, 0) is 7.05 Å². The molecule has 0 aliphatic rings. The highest BCUT2D eigenvalue weighted by molar-refractivity contribution is 6.02. The van der Waals surface area contributed by atoms with Gasteiger partial charge >= 0.3 is 0 Å². The van der Waals surface area contributed by atoms with Gasteiger partial charge < -0.3 is 11.1 Å². The van der Waals surface area contributed by atoms with Gasteiger partial charge in [0.2, 0.25) is 0 Å². The average Bonchev–Trinajstić information content (AvgIpc) is 2.65. The second-order valence-corrected chi connectivity index (χ2v) is 3.33. The predicted molar refractivity (Wildman–Crippen MR) is 59.8 cm³/mol. The lowest BCUT2D eigenvalue weighted by molar-refractivity contribution is 0.102. The van der Waals surface area contributed by atoms with Crippen molar-refractivity contribution in [1.82, 2.24) is 14.8 Å². The lowest BCUT2D eigenvalue weighted by atomic mass is 10.3. The van der Waals surface area contributed by atoms with E-state index in [4.69, 9.17) is 5.73 Å². The van der Waals surface area contributed by atoms with Crippen LogP contribution in [0.3, 0.4) is 0 Å². The van der Waals surface area contributed by atoms with E-state index in [1.54, 1.807) is 36.3 Å². The zero-order valence-electron chi connectivity index (χ0n) is 8.71. The van der Waals surface area contributed by atoms with Gasteiger partial charge in [0.1, 0.15) is 5.69 Å². The fourth-order valence-electron chi connectivity index (χ4n) is 1.22. The number of aryl methyl sites for hydroxylation is 1. The van der Waals surface area contributed by atoms with E-state index in [0.29, 0.717) is 17.1 Å². The summed E-state index contributed by atoms with van der Waals surface area (Å²) in [5.41, 5.74) is 6.95. The molecule has 6 nitrogen and oxygen atoms in total. The second-order valence-electron chi connectivity index (χ2n) is 3.33. The molecule has 0 aliphatic carbocycles. The molecule has 0 spiro atoms. The van der Waals surface area contributed by atoms with Gasteiger partial charge in [-0.05, 0) is 12.1 Å². The molecule has 2 rings (SSSR count). The molecule has 0 saturated heterocycles. The van der Waals surface area contributed by atoms with Gasteiger partial charge in [-0.25, -0.2) is 4.98 Å². The first-order chi connectivity index (χ1) is 7.65. The van der Waals surface area contributed by atoms with E-state index < -0.39 is 0 Å². The molecule has 3 N–H and O–H groups in total. The van der Waals surface area contributed by atoms with E-state index in [2.05, 4.69) is 15.4 Å². The molecule has 0 fully saturated rings. The zero-order valence-corrected chi connectivity index (χ0v) is 8.71. The van der Waals surface area contributed by atoms with Crippen molar-refractivity contribution in [2.45, 2.75) is 0 Å². The minimum absolute atomic E-state index is 0.284. The number of pyridine rings is 1. The third-order valence-corrected chi connectivity index (χ3v) is 1.98. The van der Waals surface area contributed by atoms with Crippen molar-refractivity contribution in [1.29, 1.82) is 0 Å². The highest BCUT2D eigenvalue weighted by Gasteiger charge is 2.07. The first kappa shape index (κ1) is 10.2. The Morgan fingerprint density at radius 1 is 1.44 bits per heavy atom. The SMILES string of the molecule is Cn1cc(NC(=O)c2ccc(N)cn2)cn1. The minimum Gasteiger partial charge on any atom is -0.397 e. The number of nitrogens with two attached hydrogens (primary N) is 1. The Morgan fingerprint density at radius 3 is 2.81 bits per heavy atom. The topological polar surface area (TPSA) is 85.8 Å². The van der Waals surface area contributed by atoms with Crippen molar-refractivity contribution in [3.8, 4) is 0 Å². The van der Waals surface area contributed by atoms with E-state index in [-0.39, 0.29) is 5.91 Å². The summed E-state index contributed by atoms with van der Waals surface area (Å²) in [4.78, 5) is 15.6. The minimum atomic E-state index is -0.284. The molecule has 2 aromatic heterocycles. The van der Waals surface area contributed by atoms with Gasteiger partial charge in [0.05, 0.1) is 23.8 Å². The van der Waals surface area contributed by atoms with Crippen molar-refractivity contribution < 1.29 is 4.79 Å². The van der Waals surface area contributed by atoms with E-state index in [1.165, 1.54) is 6.20 Å². The van der Waals surface area contributed by atoms with Crippen molar-refractivity contribution >= 4 is 17.3 Å². The van der Waals surface area contributed by atoms with Crippen LogP contribution in [0.1, 0.15) is 10.5 Å². The van der Waals surface area contributed by atoms with Gasteiger partial charge in [0.15, 0.2) is 0 Å². The monoisotopic (exact) mass is 217 g/mol. The number of carbonyl (C=O) groups excluding carboxylic acids is 1. The van der Waals surface area contributed by atoms with Crippen LogP contribution in [0.25, 0.3) is 0 Å². The van der Waals surface area contributed by atoms with Gasteiger partial charge in [-0.1, -0.05) is 0 Å². The number of anilines is 2. The van der Waals surface area contributed by atoms with Crippen LogP contribution in [-0.4, -0.2) is 20.7 Å². The Kier molecular flexibility index (Phi) is 2.55. The average molecular weight is 217 g/mol. The maximum Gasteiger partial charge on any atom is 0.274 e. The molecule has 0 atom stereocenters. The molecular formula is C10H11N5O. The Morgan fingerprint density at radius 2 is 2.25 bits per heavy atom. The van der Waals surface area contributed by atoms with E-state index in [1.807, 2.05) is 0 Å². The van der Waals surface area contributed by atoms with Gasteiger partial charge in [-0.15, -0.1) is 0 Å². The zero-order chi connectivity index (χ0) is 11.5. The van der Waals surface area contributed by atoms with Gasteiger partial charge in [-0.3, -0.25) is 9.48 Å². The molecular weight excluding hydrogens is 206 g/mol. The molecule has 0 unspecified atom stereocenters. The lowest BCUT2D eigenvalue weighted by Gasteiger charge is -2.01. The maximum absolute atomic E-state index is 11.7. The van der Waals surface area contributed by atoms with Crippen LogP contribution >= 0.6 is 0 Å². The molecule has 0 radical (unpaired) electrons. The molecule has 0 saturated carbocycles. The Labute approximate surface area is 92.1 Å². The van der Waals surface area contributed by atoms with Crippen molar-refractivity contribution in [2.24, 2.45) is 7.05 Å². The van der Waals surface area contributed by atoms with Crippen LogP contribution < -0.4 is 11.1 Å². The highest BCUT2D eigenvalue weighted by Crippen LogP contribution is 2.07. The second kappa shape index (κ2) is 4.01. The molecule has 0 aliphatic heterocycles. The smallest absolute Gasteiger partial charge is 0.274 e. The lowest BCUT2D eigenvalue weighted by Crippen LogP contribution is -2.13. The van der Waals surface area contributed by atoms with Crippen LogP contribution in [0.4, 0.5) is 11.4 Å². The molecule has 0 bridgehead atoms. The fourth-order valence-corrected chi connectivity index (χ4v) is 1.22. The molecule has 2 aromatic rings. The standard InChI is InChI=1S/C10H11N5O/c1-15-6-8(5-13-15)14-10(16)9-3-2-7(11)4-12-9/h2-6H,11H2,1H3,(H,14,16). The van der Waals surface area contributed by atoms with Crippen molar-refractivity contribution in [2.75, 3.05) is 11.1 Å². The molecule has 82 valence electrons. The number of nitrogens with one attached hydrogen (secondary N) is 1. The highest BCUT2D eigenvalue weighted by atomic mass is 16.1. The Balaban J connectivity index is 2.11. The number of amides is 1. The Hall–Kier alpha value is -2.37.